The summed E-state index contributed by atoms with van der Waals surface area (Å²) in [6.45, 7) is 13.3. The summed E-state index contributed by atoms with van der Waals surface area (Å²) in [4.78, 5) is 19.3. The van der Waals surface area contributed by atoms with E-state index in [2.05, 4.69) is 73.9 Å². The van der Waals surface area contributed by atoms with Gasteiger partial charge in [-0.15, -0.1) is 0 Å². The molecule has 0 N–H and O–H groups in total. The molecule has 1 aliphatic heterocycles. The zero-order valence-electron chi connectivity index (χ0n) is 18.0. The van der Waals surface area contributed by atoms with Crippen molar-refractivity contribution in [2.45, 2.75) is 34.2 Å². The number of amides is 1. The Kier molecular flexibility index (Phi) is 6.40. The Morgan fingerprint density at radius 2 is 1.68 bits per heavy atom. The third-order valence-electron chi connectivity index (χ3n) is 5.89. The van der Waals surface area contributed by atoms with Crippen molar-refractivity contribution in [2.75, 3.05) is 44.7 Å². The number of piperazine rings is 1. The van der Waals surface area contributed by atoms with Gasteiger partial charge in [0.1, 0.15) is 0 Å². The second-order valence-corrected chi connectivity index (χ2v) is 8.19. The highest BCUT2D eigenvalue weighted by Crippen LogP contribution is 2.24. The average molecular weight is 380 g/mol. The molecule has 3 rings (SSSR count). The zero-order chi connectivity index (χ0) is 20.3. The summed E-state index contributed by atoms with van der Waals surface area (Å²) >= 11 is 0. The minimum atomic E-state index is 0.230. The van der Waals surface area contributed by atoms with E-state index in [1.807, 2.05) is 11.9 Å². The molecule has 0 spiro atoms. The molecule has 1 aliphatic rings. The molecule has 1 fully saturated rings. The van der Waals surface area contributed by atoms with Gasteiger partial charge < -0.3 is 9.80 Å². The fraction of sp³-hybridized carbons (Fsp3) is 0.458. The maximum Gasteiger partial charge on any atom is 0.236 e. The first-order valence-electron chi connectivity index (χ1n) is 10.2. The second kappa shape index (κ2) is 8.78. The van der Waals surface area contributed by atoms with E-state index in [0.29, 0.717) is 6.54 Å². The summed E-state index contributed by atoms with van der Waals surface area (Å²) in [7, 11) is 2.03. The third-order valence-corrected chi connectivity index (χ3v) is 5.89. The monoisotopic (exact) mass is 379 g/mol. The topological polar surface area (TPSA) is 26.8 Å². The number of likely N-dealkylation sites (N-methyl/N-ethyl adjacent to an activating group) is 1. The summed E-state index contributed by atoms with van der Waals surface area (Å²) in [6.07, 6.45) is 0. The SMILES string of the molecule is Cc1ccc(CN(C)CC(=O)N2CCN(c3cccc(C)c3C)CC2)c(C)c1. The van der Waals surface area contributed by atoms with E-state index in [4.69, 9.17) is 0 Å². The van der Waals surface area contributed by atoms with E-state index in [9.17, 15) is 4.79 Å². The number of nitrogens with zero attached hydrogens (tertiary/aromatic N) is 3. The average Bonchev–Trinajstić information content (AvgIpc) is 2.66. The summed E-state index contributed by atoms with van der Waals surface area (Å²) in [5.41, 5.74) is 7.84. The van der Waals surface area contributed by atoms with Gasteiger partial charge in [0.2, 0.25) is 5.91 Å². The predicted octanol–water partition coefficient (Wildman–Crippen LogP) is 3.70. The molecular formula is C24H33N3O. The van der Waals surface area contributed by atoms with Gasteiger partial charge >= 0.3 is 0 Å². The fourth-order valence-corrected chi connectivity index (χ4v) is 3.98. The smallest absolute Gasteiger partial charge is 0.236 e. The van der Waals surface area contributed by atoms with Crippen molar-refractivity contribution in [1.82, 2.24) is 9.80 Å². The Morgan fingerprint density at radius 1 is 0.964 bits per heavy atom. The Balaban J connectivity index is 1.53. The number of rotatable bonds is 5. The first-order valence-corrected chi connectivity index (χ1v) is 10.2. The number of benzene rings is 2. The van der Waals surface area contributed by atoms with Crippen molar-refractivity contribution in [3.63, 3.8) is 0 Å². The number of anilines is 1. The quantitative estimate of drug-likeness (QED) is 0.793. The van der Waals surface area contributed by atoms with Crippen LogP contribution in [0.25, 0.3) is 0 Å². The van der Waals surface area contributed by atoms with Gasteiger partial charge in [-0.1, -0.05) is 35.9 Å². The molecule has 0 saturated carbocycles. The molecule has 1 amide bonds. The lowest BCUT2D eigenvalue weighted by Gasteiger charge is -2.37. The lowest BCUT2D eigenvalue weighted by molar-refractivity contribution is -0.132. The van der Waals surface area contributed by atoms with Crippen LogP contribution in [-0.4, -0.2) is 55.5 Å². The molecule has 2 aromatic rings. The van der Waals surface area contributed by atoms with Crippen molar-refractivity contribution in [3.05, 3.63) is 64.2 Å². The highest BCUT2D eigenvalue weighted by atomic mass is 16.2. The molecule has 0 bridgehead atoms. The highest BCUT2D eigenvalue weighted by Gasteiger charge is 2.23. The van der Waals surface area contributed by atoms with Gasteiger partial charge in [0.15, 0.2) is 0 Å². The maximum atomic E-state index is 12.8. The van der Waals surface area contributed by atoms with Crippen molar-refractivity contribution < 1.29 is 4.79 Å². The second-order valence-electron chi connectivity index (χ2n) is 8.19. The largest absolute Gasteiger partial charge is 0.368 e. The summed E-state index contributed by atoms with van der Waals surface area (Å²) in [5.74, 6) is 0.230. The van der Waals surface area contributed by atoms with E-state index >= 15 is 0 Å². The van der Waals surface area contributed by atoms with Gasteiger partial charge in [-0.2, -0.15) is 0 Å². The van der Waals surface area contributed by atoms with Gasteiger partial charge in [0.05, 0.1) is 6.54 Å². The summed E-state index contributed by atoms with van der Waals surface area (Å²) in [6, 6.07) is 13.0. The van der Waals surface area contributed by atoms with Gasteiger partial charge in [0, 0.05) is 38.4 Å². The Morgan fingerprint density at radius 3 is 2.36 bits per heavy atom. The molecule has 0 unspecified atom stereocenters. The third kappa shape index (κ3) is 4.74. The molecule has 0 aromatic heterocycles. The van der Waals surface area contributed by atoms with E-state index in [1.165, 1.54) is 33.5 Å². The van der Waals surface area contributed by atoms with Crippen molar-refractivity contribution in [2.24, 2.45) is 0 Å². The van der Waals surface area contributed by atoms with Crippen LogP contribution < -0.4 is 4.90 Å². The van der Waals surface area contributed by atoms with E-state index < -0.39 is 0 Å². The van der Waals surface area contributed by atoms with Crippen LogP contribution in [0.4, 0.5) is 5.69 Å². The summed E-state index contributed by atoms with van der Waals surface area (Å²) < 4.78 is 0. The zero-order valence-corrected chi connectivity index (χ0v) is 18.0. The molecule has 4 heteroatoms. The molecule has 4 nitrogen and oxygen atoms in total. The minimum absolute atomic E-state index is 0.230. The minimum Gasteiger partial charge on any atom is -0.368 e. The van der Waals surface area contributed by atoms with E-state index in [-0.39, 0.29) is 5.91 Å². The van der Waals surface area contributed by atoms with Crippen LogP contribution in [0.15, 0.2) is 36.4 Å². The molecular weight excluding hydrogens is 346 g/mol. The lowest BCUT2D eigenvalue weighted by atomic mass is 10.1. The molecule has 2 aromatic carbocycles. The molecule has 1 saturated heterocycles. The van der Waals surface area contributed by atoms with Crippen LogP contribution in [0.1, 0.15) is 27.8 Å². The first-order chi connectivity index (χ1) is 13.3. The van der Waals surface area contributed by atoms with Crippen molar-refractivity contribution in [3.8, 4) is 0 Å². The first kappa shape index (κ1) is 20.4. The van der Waals surface area contributed by atoms with Gasteiger partial charge in [0.25, 0.3) is 0 Å². The van der Waals surface area contributed by atoms with Crippen LogP contribution in [0, 0.1) is 27.7 Å². The Labute approximate surface area is 169 Å². The van der Waals surface area contributed by atoms with Crippen LogP contribution in [0.2, 0.25) is 0 Å². The number of aryl methyl sites for hydroxylation is 3. The predicted molar refractivity (Wildman–Crippen MR) is 117 cm³/mol. The fourth-order valence-electron chi connectivity index (χ4n) is 3.98. The summed E-state index contributed by atoms with van der Waals surface area (Å²) in [5, 5.41) is 0. The van der Waals surface area contributed by atoms with Crippen LogP contribution in [0.5, 0.6) is 0 Å². The number of hydrogen-bond acceptors (Lipinski definition) is 3. The van der Waals surface area contributed by atoms with Gasteiger partial charge in [-0.3, -0.25) is 9.69 Å². The van der Waals surface area contributed by atoms with Gasteiger partial charge in [-0.05, 0) is 63.1 Å². The van der Waals surface area contributed by atoms with Crippen molar-refractivity contribution in [1.29, 1.82) is 0 Å². The Bertz CT molecular complexity index is 838. The van der Waals surface area contributed by atoms with E-state index in [1.54, 1.807) is 0 Å². The van der Waals surface area contributed by atoms with Gasteiger partial charge in [-0.25, -0.2) is 0 Å². The Hall–Kier alpha value is -2.33. The number of carbonyl (C=O) groups is 1. The van der Waals surface area contributed by atoms with E-state index in [0.717, 1.165) is 32.7 Å². The molecule has 0 aliphatic carbocycles. The lowest BCUT2D eigenvalue weighted by Crippen LogP contribution is -2.51. The van der Waals surface area contributed by atoms with Crippen LogP contribution in [0.3, 0.4) is 0 Å². The van der Waals surface area contributed by atoms with Crippen LogP contribution >= 0.6 is 0 Å². The maximum absolute atomic E-state index is 12.8. The number of carbonyl (C=O) groups excluding carboxylic acids is 1. The normalized spacial score (nSPS) is 14.6. The highest BCUT2D eigenvalue weighted by molar-refractivity contribution is 5.78. The van der Waals surface area contributed by atoms with Crippen molar-refractivity contribution >= 4 is 11.6 Å². The standard InChI is InChI=1S/C24H33N3O/c1-18-9-10-22(20(3)15-18)16-25(5)17-24(28)27-13-11-26(12-14-27)23-8-6-7-19(2)21(23)4/h6-10,15H,11-14,16-17H2,1-5H3. The molecule has 150 valence electrons. The number of hydrogen-bond donors (Lipinski definition) is 0. The molecule has 0 radical (unpaired) electrons. The molecule has 0 atom stereocenters. The molecule has 28 heavy (non-hydrogen) atoms. The molecule has 1 heterocycles. The van der Waals surface area contributed by atoms with Crippen LogP contribution in [-0.2, 0) is 11.3 Å².